The molecule has 0 aliphatic carbocycles. The average Bonchev–Trinajstić information content (AvgIpc) is 2.76. The molecule has 1 fully saturated rings. The van der Waals surface area contributed by atoms with Crippen molar-refractivity contribution in [3.8, 4) is 5.75 Å². The number of ether oxygens (including phenoxy) is 1. The maximum atomic E-state index is 6.59. The minimum absolute atomic E-state index is 0.0678. The lowest BCUT2D eigenvalue weighted by atomic mass is 9.87. The van der Waals surface area contributed by atoms with Crippen molar-refractivity contribution in [3.63, 3.8) is 0 Å². The van der Waals surface area contributed by atoms with E-state index in [9.17, 15) is 0 Å². The topological polar surface area (TPSA) is 38.5 Å². The Hall–Kier alpha value is -0.770. The molecule has 4 heteroatoms. The molecular weight excluding hydrogens is 284 g/mol. The molecule has 0 spiro atoms. The van der Waals surface area contributed by atoms with Gasteiger partial charge in [-0.2, -0.15) is 0 Å². The normalized spacial score (nSPS) is 19.1. The van der Waals surface area contributed by atoms with Crippen LogP contribution in [-0.2, 0) is 0 Å². The predicted octanol–water partition coefficient (Wildman–Crippen LogP) is 4.00. The molecular formula is C17H27ClN2O. The summed E-state index contributed by atoms with van der Waals surface area (Å²) in [5.41, 5.74) is 7.58. The minimum Gasteiger partial charge on any atom is -0.495 e. The summed E-state index contributed by atoms with van der Waals surface area (Å²) in [6, 6.07) is 5.78. The summed E-state index contributed by atoms with van der Waals surface area (Å²) in [7, 11) is 1.64. The highest BCUT2D eigenvalue weighted by Gasteiger charge is 2.34. The van der Waals surface area contributed by atoms with Gasteiger partial charge in [0.05, 0.1) is 12.1 Å². The van der Waals surface area contributed by atoms with Crippen molar-refractivity contribution in [2.45, 2.75) is 51.1 Å². The first-order valence-corrected chi connectivity index (χ1v) is 8.18. The molecule has 3 nitrogen and oxygen atoms in total. The summed E-state index contributed by atoms with van der Waals surface area (Å²) in [4.78, 5) is 2.53. The summed E-state index contributed by atoms with van der Waals surface area (Å²) in [5, 5.41) is 0.626. The number of hydrogen-bond donors (Lipinski definition) is 1. The van der Waals surface area contributed by atoms with E-state index in [1.54, 1.807) is 7.11 Å². The van der Waals surface area contributed by atoms with Crippen LogP contribution >= 0.6 is 11.6 Å². The maximum Gasteiger partial charge on any atom is 0.137 e. The summed E-state index contributed by atoms with van der Waals surface area (Å²) in [5.74, 6) is 0.691. The molecule has 1 aromatic rings. The fourth-order valence-electron chi connectivity index (χ4n) is 3.12. The van der Waals surface area contributed by atoms with Gasteiger partial charge in [0.15, 0.2) is 0 Å². The largest absolute Gasteiger partial charge is 0.495 e. The Morgan fingerprint density at radius 2 is 1.81 bits per heavy atom. The molecule has 21 heavy (non-hydrogen) atoms. The Kier molecular flexibility index (Phi) is 5.53. The van der Waals surface area contributed by atoms with Gasteiger partial charge in [-0.25, -0.2) is 0 Å². The third-order valence-corrected chi connectivity index (χ3v) is 5.03. The molecule has 1 saturated heterocycles. The van der Waals surface area contributed by atoms with E-state index < -0.39 is 0 Å². The number of benzene rings is 1. The van der Waals surface area contributed by atoms with Crippen LogP contribution in [0.5, 0.6) is 5.75 Å². The van der Waals surface area contributed by atoms with Gasteiger partial charge in [0, 0.05) is 11.6 Å². The number of halogens is 1. The van der Waals surface area contributed by atoms with Gasteiger partial charge in [0.25, 0.3) is 0 Å². The van der Waals surface area contributed by atoms with Crippen molar-refractivity contribution in [1.82, 2.24) is 4.90 Å². The third-order valence-electron chi connectivity index (χ3n) is 4.72. The standard InChI is InChI=1S/C17H27ClN2O/c1-17(2,20-10-6-4-5-7-11-20)16(19)13-8-9-14(18)15(12-13)21-3/h8-9,12,16H,4-7,10-11,19H2,1-3H3. The number of nitrogens with two attached hydrogens (primary N) is 1. The Labute approximate surface area is 133 Å². The van der Waals surface area contributed by atoms with Gasteiger partial charge in [0.1, 0.15) is 5.75 Å². The summed E-state index contributed by atoms with van der Waals surface area (Å²) >= 11 is 6.11. The van der Waals surface area contributed by atoms with Gasteiger partial charge >= 0.3 is 0 Å². The van der Waals surface area contributed by atoms with E-state index in [1.807, 2.05) is 18.2 Å². The molecule has 1 aromatic carbocycles. The molecule has 0 amide bonds. The molecule has 0 bridgehead atoms. The quantitative estimate of drug-likeness (QED) is 0.913. The second-order valence-electron chi connectivity index (χ2n) is 6.43. The monoisotopic (exact) mass is 310 g/mol. The smallest absolute Gasteiger partial charge is 0.137 e. The molecule has 1 unspecified atom stereocenters. The van der Waals surface area contributed by atoms with Crippen molar-refractivity contribution in [2.24, 2.45) is 5.73 Å². The Morgan fingerprint density at radius 3 is 2.38 bits per heavy atom. The van der Waals surface area contributed by atoms with E-state index in [2.05, 4.69) is 18.7 Å². The van der Waals surface area contributed by atoms with Crippen LogP contribution in [0.4, 0.5) is 0 Å². The molecule has 1 heterocycles. The van der Waals surface area contributed by atoms with Gasteiger partial charge in [-0.15, -0.1) is 0 Å². The van der Waals surface area contributed by atoms with E-state index in [0.29, 0.717) is 10.8 Å². The van der Waals surface area contributed by atoms with Crippen molar-refractivity contribution >= 4 is 11.6 Å². The average molecular weight is 311 g/mol. The molecule has 0 radical (unpaired) electrons. The number of nitrogens with zero attached hydrogens (tertiary/aromatic N) is 1. The van der Waals surface area contributed by atoms with Gasteiger partial charge in [-0.1, -0.05) is 30.5 Å². The molecule has 0 saturated carbocycles. The van der Waals surface area contributed by atoms with E-state index in [1.165, 1.54) is 25.7 Å². The fourth-order valence-corrected chi connectivity index (χ4v) is 3.32. The Bertz CT molecular complexity index is 468. The van der Waals surface area contributed by atoms with Crippen LogP contribution in [0.15, 0.2) is 18.2 Å². The van der Waals surface area contributed by atoms with Crippen LogP contribution in [0, 0.1) is 0 Å². The van der Waals surface area contributed by atoms with Gasteiger partial charge in [-0.05, 0) is 57.5 Å². The predicted molar refractivity (Wildman–Crippen MR) is 89.1 cm³/mol. The molecule has 2 N–H and O–H groups in total. The number of methoxy groups -OCH3 is 1. The van der Waals surface area contributed by atoms with Crippen LogP contribution in [0.3, 0.4) is 0 Å². The van der Waals surface area contributed by atoms with Crippen molar-refractivity contribution < 1.29 is 4.74 Å². The first-order chi connectivity index (χ1) is 9.96. The first kappa shape index (κ1) is 16.6. The fraction of sp³-hybridized carbons (Fsp3) is 0.647. The summed E-state index contributed by atoms with van der Waals surface area (Å²) < 4.78 is 5.31. The number of likely N-dealkylation sites (tertiary alicyclic amines) is 1. The molecule has 1 aliphatic heterocycles. The van der Waals surface area contributed by atoms with Crippen molar-refractivity contribution in [1.29, 1.82) is 0 Å². The second kappa shape index (κ2) is 6.99. The summed E-state index contributed by atoms with van der Waals surface area (Å²) in [6.07, 6.45) is 5.19. The maximum absolute atomic E-state index is 6.59. The zero-order valence-corrected chi connectivity index (χ0v) is 14.1. The highest BCUT2D eigenvalue weighted by molar-refractivity contribution is 6.32. The lowest BCUT2D eigenvalue weighted by molar-refractivity contribution is 0.0979. The Morgan fingerprint density at radius 1 is 1.19 bits per heavy atom. The van der Waals surface area contributed by atoms with E-state index in [0.717, 1.165) is 18.7 Å². The van der Waals surface area contributed by atoms with Crippen LogP contribution in [-0.4, -0.2) is 30.6 Å². The van der Waals surface area contributed by atoms with Gasteiger partial charge in [0.2, 0.25) is 0 Å². The second-order valence-corrected chi connectivity index (χ2v) is 6.83. The van der Waals surface area contributed by atoms with Crippen LogP contribution in [0.1, 0.15) is 51.1 Å². The highest BCUT2D eigenvalue weighted by atomic mass is 35.5. The summed E-state index contributed by atoms with van der Waals surface area (Å²) in [6.45, 7) is 6.74. The Balaban J connectivity index is 2.21. The lowest BCUT2D eigenvalue weighted by Crippen LogP contribution is -2.51. The SMILES string of the molecule is COc1cc(C(N)C(C)(C)N2CCCCCC2)ccc1Cl. The third kappa shape index (κ3) is 3.71. The molecule has 2 rings (SSSR count). The minimum atomic E-state index is -0.0802. The van der Waals surface area contributed by atoms with Crippen LogP contribution in [0.2, 0.25) is 5.02 Å². The number of rotatable bonds is 4. The molecule has 0 aromatic heterocycles. The van der Waals surface area contributed by atoms with Gasteiger partial charge in [-0.3, -0.25) is 4.90 Å². The van der Waals surface area contributed by atoms with Crippen molar-refractivity contribution in [2.75, 3.05) is 20.2 Å². The zero-order chi connectivity index (χ0) is 15.5. The van der Waals surface area contributed by atoms with Crippen LogP contribution in [0.25, 0.3) is 0 Å². The van der Waals surface area contributed by atoms with Gasteiger partial charge < -0.3 is 10.5 Å². The van der Waals surface area contributed by atoms with Crippen molar-refractivity contribution in [3.05, 3.63) is 28.8 Å². The molecule has 1 atom stereocenters. The molecule has 118 valence electrons. The van der Waals surface area contributed by atoms with E-state index >= 15 is 0 Å². The molecule has 1 aliphatic rings. The zero-order valence-electron chi connectivity index (χ0n) is 13.4. The lowest BCUT2D eigenvalue weighted by Gasteiger charge is -2.42. The van der Waals surface area contributed by atoms with E-state index in [-0.39, 0.29) is 11.6 Å². The first-order valence-electron chi connectivity index (χ1n) is 7.81. The number of hydrogen-bond acceptors (Lipinski definition) is 3. The highest BCUT2D eigenvalue weighted by Crippen LogP contribution is 2.34. The van der Waals surface area contributed by atoms with Crippen LogP contribution < -0.4 is 10.5 Å². The van der Waals surface area contributed by atoms with E-state index in [4.69, 9.17) is 22.1 Å².